The molecule has 30 heavy (non-hydrogen) atoms. The van der Waals surface area contributed by atoms with Crippen LogP contribution in [0.15, 0.2) is 48.5 Å². The summed E-state index contributed by atoms with van der Waals surface area (Å²) in [5.74, 6) is 7.09. The molecule has 0 amide bonds. The van der Waals surface area contributed by atoms with E-state index >= 15 is 0 Å². The fraction of sp³-hybridized carbons (Fsp3) is 0.385. The number of hydrogen-bond acceptors (Lipinski definition) is 2. The van der Waals surface area contributed by atoms with Gasteiger partial charge in [0.1, 0.15) is 5.82 Å². The van der Waals surface area contributed by atoms with Gasteiger partial charge in [-0.3, -0.25) is 0 Å². The number of rotatable bonds is 6. The first-order chi connectivity index (χ1) is 14.7. The van der Waals surface area contributed by atoms with E-state index < -0.39 is 0 Å². The normalized spacial score (nSPS) is 14.5. The van der Waals surface area contributed by atoms with E-state index in [0.29, 0.717) is 6.54 Å². The molecule has 0 bridgehead atoms. The van der Waals surface area contributed by atoms with Crippen molar-refractivity contribution in [1.29, 1.82) is 0 Å². The van der Waals surface area contributed by atoms with Crippen LogP contribution in [-0.2, 0) is 17.7 Å². The van der Waals surface area contributed by atoms with E-state index in [2.05, 4.69) is 52.9 Å². The minimum absolute atomic E-state index is 0.230. The van der Waals surface area contributed by atoms with E-state index in [4.69, 9.17) is 4.74 Å². The molecule has 0 atom stereocenters. The van der Waals surface area contributed by atoms with Crippen LogP contribution in [0.1, 0.15) is 37.4 Å². The Bertz CT molecular complexity index is 1040. The fourth-order valence-electron chi connectivity index (χ4n) is 4.25. The molecule has 1 aliphatic heterocycles. The zero-order chi connectivity index (χ0) is 20.8. The maximum absolute atomic E-state index is 13.0. The number of anilines is 1. The van der Waals surface area contributed by atoms with Crippen molar-refractivity contribution < 1.29 is 9.13 Å². The second kappa shape index (κ2) is 9.82. The van der Waals surface area contributed by atoms with Crippen LogP contribution in [0.25, 0.3) is 10.9 Å². The van der Waals surface area contributed by atoms with Gasteiger partial charge in [0.25, 0.3) is 0 Å². The van der Waals surface area contributed by atoms with Gasteiger partial charge in [0, 0.05) is 36.3 Å². The van der Waals surface area contributed by atoms with Crippen LogP contribution in [-0.4, -0.2) is 24.3 Å². The van der Waals surface area contributed by atoms with Gasteiger partial charge in [-0.05, 0) is 86.4 Å². The van der Waals surface area contributed by atoms with Crippen LogP contribution in [0.2, 0.25) is 0 Å². The molecule has 0 aliphatic carbocycles. The van der Waals surface area contributed by atoms with E-state index in [1.54, 1.807) is 12.1 Å². The van der Waals surface area contributed by atoms with E-state index in [-0.39, 0.29) is 5.82 Å². The monoisotopic (exact) mass is 404 g/mol. The van der Waals surface area contributed by atoms with Crippen molar-refractivity contribution >= 4 is 16.6 Å². The predicted molar refractivity (Wildman–Crippen MR) is 121 cm³/mol. The first-order valence-corrected chi connectivity index (χ1v) is 10.9. The summed E-state index contributed by atoms with van der Waals surface area (Å²) in [5.41, 5.74) is 4.60. The Labute approximate surface area is 178 Å². The summed E-state index contributed by atoms with van der Waals surface area (Å²) >= 11 is 0. The van der Waals surface area contributed by atoms with Gasteiger partial charge >= 0.3 is 0 Å². The Morgan fingerprint density at radius 3 is 2.70 bits per heavy atom. The molecule has 3 nitrogen and oxygen atoms in total. The zero-order valence-corrected chi connectivity index (χ0v) is 17.6. The summed E-state index contributed by atoms with van der Waals surface area (Å²) in [4.78, 5) is 0. The summed E-state index contributed by atoms with van der Waals surface area (Å²) < 4.78 is 20.8. The topological polar surface area (TPSA) is 26.2 Å². The predicted octanol–water partition coefficient (Wildman–Crippen LogP) is 5.62. The summed E-state index contributed by atoms with van der Waals surface area (Å²) in [7, 11) is 0. The number of nitrogens with one attached hydrogen (secondary N) is 1. The molecule has 2 aromatic carbocycles. The van der Waals surface area contributed by atoms with Crippen LogP contribution < -0.4 is 5.32 Å². The zero-order valence-electron chi connectivity index (χ0n) is 17.6. The molecule has 0 unspecified atom stereocenters. The second-order valence-corrected chi connectivity index (χ2v) is 7.88. The van der Waals surface area contributed by atoms with Crippen LogP contribution in [0, 0.1) is 23.6 Å². The largest absolute Gasteiger partial charge is 0.381 e. The summed E-state index contributed by atoms with van der Waals surface area (Å²) in [6.45, 7) is 5.39. The number of hydrogen-bond donors (Lipinski definition) is 1. The highest BCUT2D eigenvalue weighted by Gasteiger charge is 2.15. The number of ether oxygens (including phenoxy) is 1. The van der Waals surface area contributed by atoms with Crippen molar-refractivity contribution in [2.45, 2.75) is 39.2 Å². The second-order valence-electron chi connectivity index (χ2n) is 7.88. The lowest BCUT2D eigenvalue weighted by atomic mass is 9.92. The quantitative estimate of drug-likeness (QED) is 0.540. The van der Waals surface area contributed by atoms with Crippen LogP contribution in [0.5, 0.6) is 0 Å². The molecule has 1 aromatic heterocycles. The van der Waals surface area contributed by atoms with Gasteiger partial charge in [-0.15, -0.1) is 0 Å². The fourth-order valence-corrected chi connectivity index (χ4v) is 4.25. The number of nitrogens with zero attached hydrogens (tertiary/aromatic N) is 1. The van der Waals surface area contributed by atoms with Crippen LogP contribution in [0.4, 0.5) is 10.1 Å². The lowest BCUT2D eigenvalue weighted by molar-refractivity contribution is 0.0640. The standard InChI is InChI=1S/C26H29FN2O/c1-2-29-24(6-4-16-28-23-12-10-22(27)11-13-23)19-25-21(5-3-7-26(25)29)9-8-20-14-17-30-18-15-20/h3,5,7,10-13,19-20,28H,2,8-9,14-18H2,1H3. The molecule has 1 fully saturated rings. The number of halogens is 1. The number of benzene rings is 2. The number of aromatic nitrogens is 1. The van der Waals surface area contributed by atoms with E-state index in [1.165, 1.54) is 47.9 Å². The molecule has 0 saturated carbocycles. The molecule has 4 rings (SSSR count). The van der Waals surface area contributed by atoms with Crippen molar-refractivity contribution in [3.8, 4) is 11.8 Å². The van der Waals surface area contributed by atoms with Gasteiger partial charge in [0.05, 0.1) is 12.2 Å². The highest BCUT2D eigenvalue weighted by Crippen LogP contribution is 2.27. The molecule has 1 aliphatic rings. The minimum Gasteiger partial charge on any atom is -0.381 e. The number of fused-ring (bicyclic) bond motifs is 1. The average Bonchev–Trinajstić information content (AvgIpc) is 3.15. The van der Waals surface area contributed by atoms with Crippen molar-refractivity contribution in [2.24, 2.45) is 5.92 Å². The Balaban J connectivity index is 1.48. The maximum Gasteiger partial charge on any atom is 0.123 e. The molecule has 0 radical (unpaired) electrons. The van der Waals surface area contributed by atoms with Gasteiger partial charge in [-0.1, -0.05) is 18.1 Å². The third-order valence-electron chi connectivity index (χ3n) is 5.96. The minimum atomic E-state index is -0.230. The van der Waals surface area contributed by atoms with Gasteiger partial charge in [0.2, 0.25) is 0 Å². The Morgan fingerprint density at radius 1 is 1.13 bits per heavy atom. The van der Waals surface area contributed by atoms with Crippen LogP contribution >= 0.6 is 0 Å². The van der Waals surface area contributed by atoms with Crippen molar-refractivity contribution in [3.63, 3.8) is 0 Å². The van der Waals surface area contributed by atoms with Crippen molar-refractivity contribution in [2.75, 3.05) is 25.1 Å². The molecule has 1 saturated heterocycles. The Hall–Kier alpha value is -2.77. The first kappa shape index (κ1) is 20.5. The van der Waals surface area contributed by atoms with Gasteiger partial charge in [0.15, 0.2) is 0 Å². The Kier molecular flexibility index (Phi) is 6.71. The average molecular weight is 405 g/mol. The van der Waals surface area contributed by atoms with Gasteiger partial charge in [-0.25, -0.2) is 4.39 Å². The summed E-state index contributed by atoms with van der Waals surface area (Å²) in [5, 5.41) is 4.54. The smallest absolute Gasteiger partial charge is 0.123 e. The molecule has 156 valence electrons. The molecule has 2 heterocycles. The first-order valence-electron chi connectivity index (χ1n) is 10.9. The molecular formula is C26H29FN2O. The SMILES string of the molecule is CCn1c(C#CCNc2ccc(F)cc2)cc2c(CCC3CCOCC3)cccc21. The number of aryl methyl sites for hydroxylation is 2. The highest BCUT2D eigenvalue weighted by molar-refractivity contribution is 5.86. The lowest BCUT2D eigenvalue weighted by Crippen LogP contribution is -2.16. The molecule has 1 N–H and O–H groups in total. The van der Waals surface area contributed by atoms with Gasteiger partial charge in [-0.2, -0.15) is 0 Å². The molecule has 3 aromatic rings. The van der Waals surface area contributed by atoms with Gasteiger partial charge < -0.3 is 14.6 Å². The van der Waals surface area contributed by atoms with Crippen LogP contribution in [0.3, 0.4) is 0 Å². The summed E-state index contributed by atoms with van der Waals surface area (Å²) in [6.07, 6.45) is 4.70. The van der Waals surface area contributed by atoms with Crippen molar-refractivity contribution in [1.82, 2.24) is 4.57 Å². The lowest BCUT2D eigenvalue weighted by Gasteiger charge is -2.21. The highest BCUT2D eigenvalue weighted by atomic mass is 19.1. The third-order valence-corrected chi connectivity index (χ3v) is 5.96. The van der Waals surface area contributed by atoms with E-state index in [0.717, 1.165) is 43.5 Å². The van der Waals surface area contributed by atoms with Crippen molar-refractivity contribution in [3.05, 3.63) is 65.6 Å². The molecule has 4 heteroatoms. The molecule has 0 spiro atoms. The van der Waals surface area contributed by atoms with E-state index in [1.807, 2.05) is 0 Å². The third kappa shape index (κ3) is 4.86. The Morgan fingerprint density at radius 2 is 1.93 bits per heavy atom. The van der Waals surface area contributed by atoms with E-state index in [9.17, 15) is 4.39 Å². The maximum atomic E-state index is 13.0. The summed E-state index contributed by atoms with van der Waals surface area (Å²) in [6, 6.07) is 15.2. The molecular weight excluding hydrogens is 375 g/mol.